The third kappa shape index (κ3) is 5.60. The lowest BCUT2D eigenvalue weighted by Gasteiger charge is -2.32. The monoisotopic (exact) mass is 433 g/mol. The third-order valence-corrected chi connectivity index (χ3v) is 6.23. The predicted molar refractivity (Wildman–Crippen MR) is 117 cm³/mol. The molecule has 1 aliphatic heterocycles. The molecule has 1 fully saturated rings. The van der Waals surface area contributed by atoms with Crippen molar-refractivity contribution in [3.8, 4) is 0 Å². The number of rotatable bonds is 9. The van der Waals surface area contributed by atoms with Crippen molar-refractivity contribution in [3.63, 3.8) is 0 Å². The maximum atomic E-state index is 12.7. The lowest BCUT2D eigenvalue weighted by atomic mass is 10.1. The quantitative estimate of drug-likeness (QED) is 0.562. The van der Waals surface area contributed by atoms with E-state index in [0.29, 0.717) is 13.2 Å². The molecule has 3 rings (SSSR count). The first kappa shape index (κ1) is 22.7. The molecule has 9 heteroatoms. The molecule has 8 nitrogen and oxygen atoms in total. The Bertz CT molecular complexity index is 819. The second-order valence-corrected chi connectivity index (χ2v) is 8.53. The van der Waals surface area contributed by atoms with Crippen molar-refractivity contribution >= 4 is 17.7 Å². The lowest BCUT2D eigenvalue weighted by molar-refractivity contribution is 0.0664. The first-order valence-electron chi connectivity index (χ1n) is 10.1. The molecule has 1 aromatic heterocycles. The van der Waals surface area contributed by atoms with E-state index in [-0.39, 0.29) is 11.9 Å². The second kappa shape index (κ2) is 10.9. The Kier molecular flexibility index (Phi) is 8.26. The minimum atomic E-state index is 0.111. The van der Waals surface area contributed by atoms with Gasteiger partial charge in [0, 0.05) is 51.7 Å². The van der Waals surface area contributed by atoms with E-state index in [1.54, 1.807) is 26.0 Å². The van der Waals surface area contributed by atoms with Gasteiger partial charge in [-0.3, -0.25) is 9.36 Å². The standard InChI is InChI=1S/C21H31N5O3S/c1-16(13-28-3)26-19(14-29-4)22-23-21(26)30-15-17-5-7-18(8-6-17)20(27)25-11-9-24(2)10-12-25/h5-8,16H,9-15H2,1-4H3. The molecular weight excluding hydrogens is 402 g/mol. The number of carbonyl (C=O) groups is 1. The highest BCUT2D eigenvalue weighted by Gasteiger charge is 2.21. The van der Waals surface area contributed by atoms with Crippen LogP contribution in [0.5, 0.6) is 0 Å². The van der Waals surface area contributed by atoms with Crippen LogP contribution in [0.3, 0.4) is 0 Å². The molecule has 1 saturated heterocycles. The number of carbonyl (C=O) groups excluding carboxylic acids is 1. The zero-order chi connectivity index (χ0) is 21.5. The van der Waals surface area contributed by atoms with Gasteiger partial charge in [-0.15, -0.1) is 10.2 Å². The van der Waals surface area contributed by atoms with Crippen molar-refractivity contribution in [3.05, 3.63) is 41.2 Å². The molecule has 0 radical (unpaired) electrons. The van der Waals surface area contributed by atoms with Crippen LogP contribution in [-0.4, -0.2) is 84.5 Å². The van der Waals surface area contributed by atoms with Gasteiger partial charge in [-0.1, -0.05) is 23.9 Å². The molecule has 0 spiro atoms. The normalized spacial score (nSPS) is 16.1. The van der Waals surface area contributed by atoms with E-state index in [0.717, 1.165) is 54.0 Å². The van der Waals surface area contributed by atoms with E-state index in [2.05, 4.69) is 33.6 Å². The largest absolute Gasteiger partial charge is 0.383 e. The van der Waals surface area contributed by atoms with Gasteiger partial charge in [0.05, 0.1) is 12.6 Å². The average molecular weight is 434 g/mol. The number of benzene rings is 1. The molecule has 0 bridgehead atoms. The molecule has 1 amide bonds. The molecular formula is C21H31N5O3S. The third-order valence-electron chi connectivity index (χ3n) is 5.22. The molecule has 1 aliphatic rings. The van der Waals surface area contributed by atoms with E-state index in [1.165, 1.54) is 0 Å². The van der Waals surface area contributed by atoms with Crippen molar-refractivity contribution in [1.82, 2.24) is 24.6 Å². The van der Waals surface area contributed by atoms with E-state index >= 15 is 0 Å². The Morgan fingerprint density at radius 2 is 1.80 bits per heavy atom. The number of piperazine rings is 1. The summed E-state index contributed by atoms with van der Waals surface area (Å²) >= 11 is 1.62. The summed E-state index contributed by atoms with van der Waals surface area (Å²) in [4.78, 5) is 16.9. The van der Waals surface area contributed by atoms with Crippen LogP contribution in [-0.2, 0) is 21.8 Å². The van der Waals surface area contributed by atoms with Gasteiger partial charge >= 0.3 is 0 Å². The van der Waals surface area contributed by atoms with Crippen molar-refractivity contribution in [2.75, 3.05) is 54.1 Å². The highest BCUT2D eigenvalue weighted by molar-refractivity contribution is 7.98. The fourth-order valence-electron chi connectivity index (χ4n) is 3.48. The summed E-state index contributed by atoms with van der Waals surface area (Å²) in [5.74, 6) is 1.64. The maximum Gasteiger partial charge on any atom is 0.253 e. The molecule has 164 valence electrons. The molecule has 2 aromatic rings. The molecule has 1 aromatic carbocycles. The Morgan fingerprint density at radius 1 is 1.10 bits per heavy atom. The smallest absolute Gasteiger partial charge is 0.253 e. The van der Waals surface area contributed by atoms with Gasteiger partial charge in [0.2, 0.25) is 0 Å². The van der Waals surface area contributed by atoms with Gasteiger partial charge in [0.15, 0.2) is 11.0 Å². The van der Waals surface area contributed by atoms with Crippen molar-refractivity contribution in [2.24, 2.45) is 0 Å². The number of methoxy groups -OCH3 is 2. The number of amides is 1. The zero-order valence-corrected chi connectivity index (χ0v) is 19.0. The highest BCUT2D eigenvalue weighted by atomic mass is 32.2. The summed E-state index contributed by atoms with van der Waals surface area (Å²) in [5.41, 5.74) is 1.88. The van der Waals surface area contributed by atoms with E-state index in [1.807, 2.05) is 29.2 Å². The number of hydrogen-bond acceptors (Lipinski definition) is 7. The summed E-state index contributed by atoms with van der Waals surface area (Å²) in [6.45, 7) is 6.48. The van der Waals surface area contributed by atoms with Gasteiger partial charge in [-0.2, -0.15) is 0 Å². The minimum absolute atomic E-state index is 0.111. The molecule has 0 saturated carbocycles. The number of likely N-dealkylation sites (N-methyl/N-ethyl adjacent to an activating group) is 1. The minimum Gasteiger partial charge on any atom is -0.383 e. The fraction of sp³-hybridized carbons (Fsp3) is 0.571. The molecule has 0 aliphatic carbocycles. The van der Waals surface area contributed by atoms with Crippen LogP contribution in [0.4, 0.5) is 0 Å². The van der Waals surface area contributed by atoms with Crippen LogP contribution >= 0.6 is 11.8 Å². The summed E-state index contributed by atoms with van der Waals surface area (Å²) in [5, 5.41) is 9.45. The van der Waals surface area contributed by atoms with Crippen molar-refractivity contribution in [1.29, 1.82) is 0 Å². The zero-order valence-electron chi connectivity index (χ0n) is 18.2. The van der Waals surface area contributed by atoms with Crippen molar-refractivity contribution in [2.45, 2.75) is 30.5 Å². The Morgan fingerprint density at radius 3 is 2.43 bits per heavy atom. The van der Waals surface area contributed by atoms with E-state index in [4.69, 9.17) is 9.47 Å². The average Bonchev–Trinajstić information content (AvgIpc) is 3.16. The highest BCUT2D eigenvalue weighted by Crippen LogP contribution is 2.26. The Labute approximate surface area is 182 Å². The fourth-order valence-corrected chi connectivity index (χ4v) is 4.49. The van der Waals surface area contributed by atoms with E-state index < -0.39 is 0 Å². The van der Waals surface area contributed by atoms with Gasteiger partial charge in [0.1, 0.15) is 6.61 Å². The maximum absolute atomic E-state index is 12.7. The molecule has 0 N–H and O–H groups in total. The Balaban J connectivity index is 1.63. The number of hydrogen-bond donors (Lipinski definition) is 0. The van der Waals surface area contributed by atoms with Gasteiger partial charge in [0.25, 0.3) is 5.91 Å². The Hall–Kier alpha value is -1.94. The molecule has 1 atom stereocenters. The van der Waals surface area contributed by atoms with Gasteiger partial charge in [-0.05, 0) is 31.7 Å². The van der Waals surface area contributed by atoms with E-state index in [9.17, 15) is 4.79 Å². The summed E-state index contributed by atoms with van der Waals surface area (Å²) in [7, 11) is 5.43. The van der Waals surface area contributed by atoms with Crippen LogP contribution in [0.25, 0.3) is 0 Å². The summed E-state index contributed by atoms with van der Waals surface area (Å²) in [6, 6.07) is 7.99. The first-order valence-corrected chi connectivity index (χ1v) is 11.1. The lowest BCUT2D eigenvalue weighted by Crippen LogP contribution is -2.47. The summed E-state index contributed by atoms with van der Waals surface area (Å²) in [6.07, 6.45) is 0. The van der Waals surface area contributed by atoms with Crippen molar-refractivity contribution < 1.29 is 14.3 Å². The van der Waals surface area contributed by atoms with Crippen LogP contribution in [0.15, 0.2) is 29.4 Å². The van der Waals surface area contributed by atoms with Gasteiger partial charge < -0.3 is 19.3 Å². The topological polar surface area (TPSA) is 72.7 Å². The summed E-state index contributed by atoms with van der Waals surface area (Å²) < 4.78 is 12.6. The molecule has 2 heterocycles. The second-order valence-electron chi connectivity index (χ2n) is 7.59. The molecule has 30 heavy (non-hydrogen) atoms. The first-order chi connectivity index (χ1) is 14.5. The van der Waals surface area contributed by atoms with Crippen LogP contribution in [0, 0.1) is 0 Å². The number of aromatic nitrogens is 3. The van der Waals surface area contributed by atoms with Gasteiger partial charge in [-0.25, -0.2) is 0 Å². The SMILES string of the molecule is COCc1nnc(SCc2ccc(C(=O)N3CCN(C)CC3)cc2)n1C(C)COC. The number of nitrogens with zero attached hydrogens (tertiary/aromatic N) is 5. The van der Waals surface area contributed by atoms with Crippen LogP contribution < -0.4 is 0 Å². The number of ether oxygens (including phenoxy) is 2. The molecule has 1 unspecified atom stereocenters. The predicted octanol–water partition coefficient (Wildman–Crippen LogP) is 2.31. The van der Waals surface area contributed by atoms with Crippen LogP contribution in [0.2, 0.25) is 0 Å². The number of thioether (sulfide) groups is 1. The van der Waals surface area contributed by atoms with Crippen LogP contribution in [0.1, 0.15) is 34.7 Å².